The van der Waals surface area contributed by atoms with Crippen molar-refractivity contribution in [3.05, 3.63) is 35.4 Å². The highest BCUT2D eigenvalue weighted by molar-refractivity contribution is 7.99. The minimum atomic E-state index is 0.473. The molecule has 0 aromatic heterocycles. The van der Waals surface area contributed by atoms with Crippen molar-refractivity contribution in [1.29, 1.82) is 0 Å². The number of rotatable bonds is 8. The first-order chi connectivity index (χ1) is 8.71. The Kier molecular flexibility index (Phi) is 7.45. The summed E-state index contributed by atoms with van der Waals surface area (Å²) in [7, 11) is 2.06. The fraction of sp³-hybridized carbons (Fsp3) is 0.625. The van der Waals surface area contributed by atoms with E-state index in [0.717, 1.165) is 11.0 Å². The Morgan fingerprint density at radius 1 is 1.28 bits per heavy atom. The van der Waals surface area contributed by atoms with Gasteiger partial charge >= 0.3 is 0 Å². The molecule has 0 saturated carbocycles. The van der Waals surface area contributed by atoms with Gasteiger partial charge in [0.15, 0.2) is 0 Å². The first-order valence-electron chi connectivity index (χ1n) is 7.08. The van der Waals surface area contributed by atoms with Crippen LogP contribution in [-0.2, 0) is 6.42 Å². The van der Waals surface area contributed by atoms with Crippen LogP contribution in [0.5, 0.6) is 0 Å². The van der Waals surface area contributed by atoms with Gasteiger partial charge < -0.3 is 5.32 Å². The predicted octanol–water partition coefficient (Wildman–Crippen LogP) is 4.43. The van der Waals surface area contributed by atoms with Gasteiger partial charge in [0.2, 0.25) is 0 Å². The second kappa shape index (κ2) is 8.60. The molecule has 2 atom stereocenters. The molecule has 0 saturated heterocycles. The molecule has 1 nitrogen and oxygen atoms in total. The van der Waals surface area contributed by atoms with Crippen LogP contribution < -0.4 is 5.32 Å². The highest BCUT2D eigenvalue weighted by atomic mass is 32.2. The molecule has 1 rings (SSSR count). The maximum atomic E-state index is 3.45. The number of thioether (sulfide) groups is 1. The van der Waals surface area contributed by atoms with Crippen molar-refractivity contribution in [3.8, 4) is 0 Å². The monoisotopic (exact) mass is 265 g/mol. The molecule has 0 fully saturated rings. The van der Waals surface area contributed by atoms with E-state index >= 15 is 0 Å². The lowest BCUT2D eigenvalue weighted by Gasteiger charge is -2.19. The maximum absolute atomic E-state index is 3.45. The molecule has 18 heavy (non-hydrogen) atoms. The number of hydrogen-bond acceptors (Lipinski definition) is 2. The molecule has 0 aliphatic heterocycles. The average Bonchev–Trinajstić information content (AvgIpc) is 2.40. The lowest BCUT2D eigenvalue weighted by Crippen LogP contribution is -2.20. The molecule has 1 aromatic carbocycles. The lowest BCUT2D eigenvalue weighted by atomic mass is 10.0. The second-order valence-corrected chi connectivity index (χ2v) is 6.36. The van der Waals surface area contributed by atoms with Crippen molar-refractivity contribution in [2.75, 3.05) is 12.8 Å². The average molecular weight is 265 g/mol. The van der Waals surface area contributed by atoms with Gasteiger partial charge in [-0.2, -0.15) is 11.8 Å². The van der Waals surface area contributed by atoms with E-state index in [4.69, 9.17) is 0 Å². The van der Waals surface area contributed by atoms with Gasteiger partial charge in [-0.1, -0.05) is 51.5 Å². The van der Waals surface area contributed by atoms with E-state index in [2.05, 4.69) is 69.2 Å². The Balaban J connectivity index is 2.66. The van der Waals surface area contributed by atoms with E-state index in [1.165, 1.54) is 30.4 Å². The second-order valence-electron chi connectivity index (χ2n) is 4.89. The Hall–Kier alpha value is -0.470. The van der Waals surface area contributed by atoms with Crippen LogP contribution >= 0.6 is 11.8 Å². The molecule has 0 amide bonds. The largest absolute Gasteiger partial charge is 0.312 e. The molecule has 0 bridgehead atoms. The molecular formula is C16H27NS. The van der Waals surface area contributed by atoms with Crippen molar-refractivity contribution >= 4 is 11.8 Å². The van der Waals surface area contributed by atoms with Crippen molar-refractivity contribution in [1.82, 2.24) is 5.32 Å². The molecule has 1 aromatic rings. The van der Waals surface area contributed by atoms with Gasteiger partial charge in [0.25, 0.3) is 0 Å². The number of benzene rings is 1. The Bertz CT molecular complexity index is 338. The van der Waals surface area contributed by atoms with Crippen LogP contribution in [0.3, 0.4) is 0 Å². The summed E-state index contributed by atoms with van der Waals surface area (Å²) in [6.45, 7) is 6.81. The van der Waals surface area contributed by atoms with E-state index in [1.807, 2.05) is 0 Å². The SMILES string of the molecule is CCCc1cccc(C(CSC(C)CC)NC)c1. The summed E-state index contributed by atoms with van der Waals surface area (Å²) in [5.74, 6) is 1.15. The molecular weight excluding hydrogens is 238 g/mol. The molecule has 0 aliphatic rings. The van der Waals surface area contributed by atoms with Gasteiger partial charge in [0.1, 0.15) is 0 Å². The van der Waals surface area contributed by atoms with Gasteiger partial charge in [-0.05, 0) is 31.0 Å². The summed E-state index contributed by atoms with van der Waals surface area (Å²) in [6, 6.07) is 9.51. The summed E-state index contributed by atoms with van der Waals surface area (Å²) in [6.07, 6.45) is 3.65. The Morgan fingerprint density at radius 2 is 2.06 bits per heavy atom. The number of nitrogens with one attached hydrogen (secondary N) is 1. The van der Waals surface area contributed by atoms with Crippen molar-refractivity contribution in [2.45, 2.75) is 51.3 Å². The zero-order valence-corrected chi connectivity index (χ0v) is 13.0. The van der Waals surface area contributed by atoms with Crippen LogP contribution in [0.4, 0.5) is 0 Å². The zero-order chi connectivity index (χ0) is 13.4. The third-order valence-electron chi connectivity index (χ3n) is 3.36. The Morgan fingerprint density at radius 3 is 2.67 bits per heavy atom. The van der Waals surface area contributed by atoms with Crippen LogP contribution in [0.1, 0.15) is 50.8 Å². The summed E-state index contributed by atoms with van der Waals surface area (Å²) in [4.78, 5) is 0. The van der Waals surface area contributed by atoms with E-state index < -0.39 is 0 Å². The molecule has 0 spiro atoms. The van der Waals surface area contributed by atoms with Gasteiger partial charge in [0.05, 0.1) is 0 Å². The summed E-state index contributed by atoms with van der Waals surface area (Å²) >= 11 is 2.06. The highest BCUT2D eigenvalue weighted by Gasteiger charge is 2.11. The zero-order valence-electron chi connectivity index (χ0n) is 12.2. The van der Waals surface area contributed by atoms with Crippen LogP contribution in [0.25, 0.3) is 0 Å². The summed E-state index contributed by atoms with van der Waals surface area (Å²) in [5.41, 5.74) is 2.89. The number of aryl methyl sites for hydroxylation is 1. The Labute approximate surface area is 117 Å². The predicted molar refractivity (Wildman–Crippen MR) is 84.4 cm³/mol. The molecule has 0 heterocycles. The first kappa shape index (κ1) is 15.6. The third kappa shape index (κ3) is 5.03. The first-order valence-corrected chi connectivity index (χ1v) is 8.13. The minimum absolute atomic E-state index is 0.473. The van der Waals surface area contributed by atoms with Crippen molar-refractivity contribution < 1.29 is 0 Å². The molecule has 102 valence electrons. The smallest absolute Gasteiger partial charge is 0.0409 e. The fourth-order valence-corrected chi connectivity index (χ4v) is 3.09. The third-order valence-corrected chi connectivity index (χ3v) is 4.79. The van der Waals surface area contributed by atoms with Gasteiger partial charge in [-0.25, -0.2) is 0 Å². The van der Waals surface area contributed by atoms with Crippen LogP contribution in [0.2, 0.25) is 0 Å². The fourth-order valence-electron chi connectivity index (χ4n) is 1.98. The molecule has 0 radical (unpaired) electrons. The molecule has 1 N–H and O–H groups in total. The standard InChI is InChI=1S/C16H27NS/c1-5-8-14-9-7-10-15(11-14)16(17-4)12-18-13(3)6-2/h7,9-11,13,16-17H,5-6,8,12H2,1-4H3. The van der Waals surface area contributed by atoms with Crippen LogP contribution in [-0.4, -0.2) is 18.1 Å². The van der Waals surface area contributed by atoms with Crippen LogP contribution in [0.15, 0.2) is 24.3 Å². The van der Waals surface area contributed by atoms with Gasteiger partial charge in [-0.3, -0.25) is 0 Å². The summed E-state index contributed by atoms with van der Waals surface area (Å²) < 4.78 is 0. The van der Waals surface area contributed by atoms with Gasteiger partial charge in [-0.15, -0.1) is 0 Å². The quantitative estimate of drug-likeness (QED) is 0.746. The van der Waals surface area contributed by atoms with E-state index in [0.29, 0.717) is 6.04 Å². The lowest BCUT2D eigenvalue weighted by molar-refractivity contribution is 0.658. The van der Waals surface area contributed by atoms with E-state index in [9.17, 15) is 0 Å². The molecule has 2 heteroatoms. The molecule has 0 aliphatic carbocycles. The normalized spacial score (nSPS) is 14.4. The topological polar surface area (TPSA) is 12.0 Å². The summed E-state index contributed by atoms with van der Waals surface area (Å²) in [5, 5.41) is 4.20. The van der Waals surface area contributed by atoms with E-state index in [1.54, 1.807) is 0 Å². The van der Waals surface area contributed by atoms with Gasteiger partial charge in [0, 0.05) is 17.0 Å². The minimum Gasteiger partial charge on any atom is -0.312 e. The molecule has 2 unspecified atom stereocenters. The highest BCUT2D eigenvalue weighted by Crippen LogP contribution is 2.23. The van der Waals surface area contributed by atoms with Crippen molar-refractivity contribution in [3.63, 3.8) is 0 Å². The van der Waals surface area contributed by atoms with Crippen molar-refractivity contribution in [2.24, 2.45) is 0 Å². The maximum Gasteiger partial charge on any atom is 0.0409 e. The van der Waals surface area contributed by atoms with Crippen LogP contribution in [0, 0.1) is 0 Å². The number of hydrogen-bond donors (Lipinski definition) is 1. The van der Waals surface area contributed by atoms with E-state index in [-0.39, 0.29) is 0 Å².